The van der Waals surface area contributed by atoms with Crippen LogP contribution in [0.4, 0.5) is 8.78 Å². The van der Waals surface area contributed by atoms with Crippen LogP contribution < -0.4 is 9.96 Å². The van der Waals surface area contributed by atoms with Gasteiger partial charge in [-0.05, 0) is 17.7 Å². The van der Waals surface area contributed by atoms with Gasteiger partial charge in [-0.1, -0.05) is 24.3 Å². The van der Waals surface area contributed by atoms with E-state index < -0.39 is 12.0 Å². The molecule has 0 fully saturated rings. The van der Waals surface area contributed by atoms with E-state index in [-0.39, 0.29) is 35.5 Å². The fourth-order valence-electron chi connectivity index (χ4n) is 2.75. The van der Waals surface area contributed by atoms with Crippen LogP contribution in [0.25, 0.3) is 16.8 Å². The molecule has 0 atom stereocenters. The third-order valence-electron chi connectivity index (χ3n) is 3.90. The topological polar surface area (TPSA) is 70.1 Å². The summed E-state index contributed by atoms with van der Waals surface area (Å²) >= 11 is 0. The lowest BCUT2D eigenvalue weighted by atomic mass is 10.0. The van der Waals surface area contributed by atoms with Crippen molar-refractivity contribution in [3.8, 4) is 23.1 Å². The highest BCUT2D eigenvalue weighted by atomic mass is 19.3. The van der Waals surface area contributed by atoms with Gasteiger partial charge >= 0.3 is 5.56 Å². The van der Waals surface area contributed by atoms with Crippen molar-refractivity contribution >= 4 is 5.65 Å². The van der Waals surface area contributed by atoms with Gasteiger partial charge in [0.15, 0.2) is 5.56 Å². The van der Waals surface area contributed by atoms with Gasteiger partial charge in [-0.2, -0.15) is 14.2 Å². The number of aromatic nitrogens is 2. The van der Waals surface area contributed by atoms with Crippen LogP contribution in [0.3, 0.4) is 0 Å². The predicted octanol–water partition coefficient (Wildman–Crippen LogP) is 2.81. The normalized spacial score (nSPS) is 11.0. The number of aryl methyl sites for hydroxylation is 1. The van der Waals surface area contributed by atoms with Crippen LogP contribution in [0.15, 0.2) is 53.5 Å². The molecule has 0 saturated carbocycles. The summed E-state index contributed by atoms with van der Waals surface area (Å²) in [6.07, 6.45) is -1.03. The highest BCUT2D eigenvalue weighted by molar-refractivity contribution is 5.68. The molecule has 0 amide bonds. The molecule has 3 rings (SSSR count). The Labute approximate surface area is 141 Å². The quantitative estimate of drug-likeness (QED) is 0.741. The van der Waals surface area contributed by atoms with Crippen molar-refractivity contribution in [3.05, 3.63) is 64.6 Å². The summed E-state index contributed by atoms with van der Waals surface area (Å²) in [5, 5.41) is 19.5. The molecule has 2 heterocycles. The lowest BCUT2D eigenvalue weighted by molar-refractivity contribution is -0.532. The van der Waals surface area contributed by atoms with Crippen LogP contribution in [-0.2, 0) is 6.54 Å². The van der Waals surface area contributed by atoms with Crippen molar-refractivity contribution in [2.24, 2.45) is 0 Å². The monoisotopic (exact) mass is 342 g/mol. The Balaban J connectivity index is 2.34. The predicted molar refractivity (Wildman–Crippen MR) is 86.1 cm³/mol. The van der Waals surface area contributed by atoms with Gasteiger partial charge in [0.05, 0.1) is 18.7 Å². The van der Waals surface area contributed by atoms with Crippen LogP contribution in [0.1, 0.15) is 18.4 Å². The minimum atomic E-state index is -2.68. The van der Waals surface area contributed by atoms with Crippen molar-refractivity contribution in [2.75, 3.05) is 0 Å². The molecule has 0 unspecified atom stereocenters. The third kappa shape index (κ3) is 2.94. The van der Waals surface area contributed by atoms with Crippen LogP contribution in [0.2, 0.25) is 0 Å². The first-order valence-corrected chi connectivity index (χ1v) is 7.56. The van der Waals surface area contributed by atoms with Gasteiger partial charge in [-0.15, -0.1) is 0 Å². The fraction of sp³-hybridized carbons (Fsp3) is 0.167. The number of nitriles is 1. The van der Waals surface area contributed by atoms with Gasteiger partial charge in [0.1, 0.15) is 6.54 Å². The van der Waals surface area contributed by atoms with Gasteiger partial charge in [-0.25, -0.2) is 13.6 Å². The van der Waals surface area contributed by atoms with E-state index in [9.17, 15) is 18.7 Å². The van der Waals surface area contributed by atoms with Crippen molar-refractivity contribution in [2.45, 2.75) is 19.4 Å². The van der Waals surface area contributed by atoms with E-state index >= 15 is 0 Å². The lowest BCUT2D eigenvalue weighted by Crippen LogP contribution is -2.43. The molecule has 3 aromatic rings. The SMILES string of the molecule is N#CCCn1c(O)c(-c2cccc(C(F)F)c2)c(=O)[n+]2ccccc12. The summed E-state index contributed by atoms with van der Waals surface area (Å²) in [6.45, 7) is 0.164. The summed E-state index contributed by atoms with van der Waals surface area (Å²) in [6, 6.07) is 12.3. The number of fused-ring (bicyclic) bond motifs is 1. The maximum absolute atomic E-state index is 13.0. The van der Waals surface area contributed by atoms with Crippen molar-refractivity contribution in [1.82, 2.24) is 4.57 Å². The second-order valence-electron chi connectivity index (χ2n) is 5.42. The number of halogens is 2. The van der Waals surface area contributed by atoms with Crippen molar-refractivity contribution < 1.29 is 18.3 Å². The Kier molecular flexibility index (Phi) is 4.44. The molecule has 1 N–H and O–H groups in total. The number of alkyl halides is 2. The first-order valence-electron chi connectivity index (χ1n) is 7.56. The molecule has 5 nitrogen and oxygen atoms in total. The zero-order valence-corrected chi connectivity index (χ0v) is 13.1. The number of rotatable bonds is 4. The summed E-state index contributed by atoms with van der Waals surface area (Å²) < 4.78 is 28.7. The summed E-state index contributed by atoms with van der Waals surface area (Å²) in [5.41, 5.74) is -0.229. The standard InChI is InChI=1S/C18H13F2N3O2/c19-16(20)13-6-3-5-12(11-13)15-17(24)22-9-2-1-7-14(22)23(18(15)25)10-4-8-21/h1-3,5-7,9,11,16H,4,10H2/p+1. The molecular formula is C18H14F2N3O2+. The molecule has 0 aliphatic heterocycles. The second kappa shape index (κ2) is 6.69. The van der Waals surface area contributed by atoms with Gasteiger partial charge in [0.2, 0.25) is 0 Å². The van der Waals surface area contributed by atoms with E-state index in [1.54, 1.807) is 18.2 Å². The molecule has 0 aliphatic carbocycles. The Hall–Kier alpha value is -3.27. The van der Waals surface area contributed by atoms with E-state index in [0.29, 0.717) is 5.65 Å². The second-order valence-corrected chi connectivity index (χ2v) is 5.42. The fourth-order valence-corrected chi connectivity index (χ4v) is 2.75. The molecular weight excluding hydrogens is 328 g/mol. The molecule has 25 heavy (non-hydrogen) atoms. The first-order chi connectivity index (χ1) is 12.0. The molecule has 0 aliphatic rings. The largest absolute Gasteiger partial charge is 0.477 e. The average molecular weight is 342 g/mol. The molecule has 1 aromatic carbocycles. The highest BCUT2D eigenvalue weighted by Gasteiger charge is 2.25. The molecule has 2 aromatic heterocycles. The van der Waals surface area contributed by atoms with Crippen LogP contribution in [0.5, 0.6) is 5.88 Å². The number of nitrogens with zero attached hydrogens (tertiary/aromatic N) is 3. The lowest BCUT2D eigenvalue weighted by Gasteiger charge is -2.09. The van der Waals surface area contributed by atoms with Gasteiger partial charge in [-0.3, -0.25) is 0 Å². The zero-order chi connectivity index (χ0) is 18.0. The molecule has 126 valence electrons. The Morgan fingerprint density at radius 3 is 2.76 bits per heavy atom. The molecule has 0 bridgehead atoms. The summed E-state index contributed by atoms with van der Waals surface area (Å²) in [7, 11) is 0. The van der Waals surface area contributed by atoms with Gasteiger partial charge in [0.25, 0.3) is 18.0 Å². The summed E-state index contributed by atoms with van der Waals surface area (Å²) in [4.78, 5) is 12.8. The van der Waals surface area contributed by atoms with Crippen molar-refractivity contribution in [1.29, 1.82) is 5.26 Å². The smallest absolute Gasteiger partial charge is 0.354 e. The average Bonchev–Trinajstić information content (AvgIpc) is 2.62. The zero-order valence-electron chi connectivity index (χ0n) is 13.1. The number of aromatic hydroxyl groups is 1. The maximum Gasteiger partial charge on any atom is 0.354 e. The Morgan fingerprint density at radius 1 is 1.24 bits per heavy atom. The number of hydrogen-bond donors (Lipinski definition) is 1. The number of hydrogen-bond acceptors (Lipinski definition) is 3. The molecule has 0 radical (unpaired) electrons. The Bertz CT molecular complexity index is 1040. The van der Waals surface area contributed by atoms with Gasteiger partial charge in [0, 0.05) is 11.6 Å². The van der Waals surface area contributed by atoms with E-state index in [0.717, 1.165) is 0 Å². The van der Waals surface area contributed by atoms with Crippen LogP contribution in [0, 0.1) is 11.3 Å². The molecule has 0 saturated heterocycles. The molecule has 0 spiro atoms. The van der Waals surface area contributed by atoms with Crippen molar-refractivity contribution in [3.63, 3.8) is 0 Å². The minimum Gasteiger partial charge on any atom is -0.477 e. The van der Waals surface area contributed by atoms with Crippen LogP contribution >= 0.6 is 0 Å². The third-order valence-corrected chi connectivity index (χ3v) is 3.90. The minimum absolute atomic E-state index is 0.0795. The van der Waals surface area contributed by atoms with Crippen LogP contribution in [-0.4, -0.2) is 9.67 Å². The first kappa shape index (κ1) is 16.6. The number of pyridine rings is 1. The highest BCUT2D eigenvalue weighted by Crippen LogP contribution is 2.29. The maximum atomic E-state index is 13.0. The summed E-state index contributed by atoms with van der Waals surface area (Å²) in [5.74, 6) is -0.349. The Morgan fingerprint density at radius 2 is 2.04 bits per heavy atom. The molecule has 7 heteroatoms. The van der Waals surface area contributed by atoms with E-state index in [1.165, 1.54) is 39.4 Å². The van der Waals surface area contributed by atoms with E-state index in [4.69, 9.17) is 5.26 Å². The van der Waals surface area contributed by atoms with Gasteiger partial charge < -0.3 is 5.11 Å². The number of benzene rings is 1. The van der Waals surface area contributed by atoms with E-state index in [2.05, 4.69) is 0 Å². The van der Waals surface area contributed by atoms with E-state index in [1.807, 2.05) is 6.07 Å².